The Kier molecular flexibility index (Phi) is 4.62. The van der Waals surface area contributed by atoms with Gasteiger partial charge in [-0.2, -0.15) is 0 Å². The molecular weight excluding hydrogens is 334 g/mol. The quantitative estimate of drug-likeness (QED) is 0.869. The van der Waals surface area contributed by atoms with Crippen molar-refractivity contribution in [2.24, 2.45) is 5.92 Å². The number of piperidine rings is 1. The van der Waals surface area contributed by atoms with Crippen LogP contribution in [-0.4, -0.2) is 54.1 Å². The van der Waals surface area contributed by atoms with Crippen LogP contribution in [0.3, 0.4) is 0 Å². The number of nitrogens with one attached hydrogen (secondary N) is 1. The summed E-state index contributed by atoms with van der Waals surface area (Å²) >= 11 is 6.17. The van der Waals surface area contributed by atoms with Gasteiger partial charge in [-0.25, -0.2) is 4.79 Å². The molecule has 2 aliphatic heterocycles. The predicted molar refractivity (Wildman–Crippen MR) is 88.5 cm³/mol. The normalized spacial score (nSPS) is 20.9. The fourth-order valence-electron chi connectivity index (χ4n) is 3.10. The van der Waals surface area contributed by atoms with E-state index in [0.717, 1.165) is 0 Å². The maximum atomic E-state index is 12.7. The molecule has 128 valence electrons. The molecule has 3 rings (SSSR count). The molecule has 0 aromatic heterocycles. The third-order valence-corrected chi connectivity index (χ3v) is 4.72. The zero-order chi connectivity index (χ0) is 17.3. The fourth-order valence-corrected chi connectivity index (χ4v) is 3.32. The van der Waals surface area contributed by atoms with Gasteiger partial charge >= 0.3 is 12.0 Å². The molecule has 0 saturated carbocycles. The lowest BCUT2D eigenvalue weighted by Gasteiger charge is -2.31. The molecule has 0 bridgehead atoms. The summed E-state index contributed by atoms with van der Waals surface area (Å²) in [5, 5.41) is 12.2. The number of hydrogen-bond acceptors (Lipinski definition) is 3. The molecule has 2 fully saturated rings. The highest BCUT2D eigenvalue weighted by Crippen LogP contribution is 2.29. The average Bonchev–Trinajstić information content (AvgIpc) is 3.00. The standard InChI is InChI=1S/C16H18ClN3O4/c17-12-4-3-10(8-13(12)20-7-5-18-16(20)24)14(21)19-6-1-2-11(9-19)15(22)23/h3-4,8,11H,1-2,5-7,9H2,(H,18,24)(H,22,23)/t11-/m0/s1. The van der Waals surface area contributed by atoms with Crippen LogP contribution >= 0.6 is 11.6 Å². The van der Waals surface area contributed by atoms with Crippen molar-refractivity contribution in [1.82, 2.24) is 10.2 Å². The minimum absolute atomic E-state index is 0.205. The summed E-state index contributed by atoms with van der Waals surface area (Å²) in [6.45, 7) is 1.75. The summed E-state index contributed by atoms with van der Waals surface area (Å²) in [5.41, 5.74) is 0.893. The molecule has 2 heterocycles. The van der Waals surface area contributed by atoms with E-state index in [1.165, 1.54) is 4.90 Å². The van der Waals surface area contributed by atoms with E-state index in [4.69, 9.17) is 16.7 Å². The molecule has 0 aliphatic carbocycles. The number of benzene rings is 1. The Labute approximate surface area is 144 Å². The Bertz CT molecular complexity index is 694. The first-order valence-electron chi connectivity index (χ1n) is 7.84. The molecule has 0 radical (unpaired) electrons. The van der Waals surface area contributed by atoms with Gasteiger partial charge < -0.3 is 15.3 Å². The van der Waals surface area contributed by atoms with E-state index in [1.807, 2.05) is 0 Å². The minimum atomic E-state index is -0.877. The SMILES string of the molecule is O=C(O)[C@H]1CCCN(C(=O)c2ccc(Cl)c(N3CCNC3=O)c2)C1. The minimum Gasteiger partial charge on any atom is -0.481 e. The molecule has 1 aromatic carbocycles. The maximum Gasteiger partial charge on any atom is 0.322 e. The Morgan fingerprint density at radius 1 is 1.29 bits per heavy atom. The van der Waals surface area contributed by atoms with Crippen LogP contribution in [0.25, 0.3) is 0 Å². The summed E-state index contributed by atoms with van der Waals surface area (Å²) in [6.07, 6.45) is 1.25. The largest absolute Gasteiger partial charge is 0.481 e. The van der Waals surface area contributed by atoms with Crippen LogP contribution in [0.5, 0.6) is 0 Å². The predicted octanol–water partition coefficient (Wildman–Crippen LogP) is 1.81. The highest BCUT2D eigenvalue weighted by atomic mass is 35.5. The van der Waals surface area contributed by atoms with Crippen LogP contribution in [0.15, 0.2) is 18.2 Å². The number of carbonyl (C=O) groups is 3. The number of aliphatic carboxylic acids is 1. The number of amides is 3. The summed E-state index contributed by atoms with van der Waals surface area (Å²) in [7, 11) is 0. The van der Waals surface area contributed by atoms with Crippen molar-refractivity contribution in [2.75, 3.05) is 31.1 Å². The summed E-state index contributed by atoms with van der Waals surface area (Å²) in [5.74, 6) is -1.64. The number of nitrogens with zero attached hydrogens (tertiary/aromatic N) is 2. The van der Waals surface area contributed by atoms with Gasteiger partial charge in [-0.05, 0) is 31.0 Å². The Balaban J connectivity index is 1.82. The first-order chi connectivity index (χ1) is 11.5. The van der Waals surface area contributed by atoms with E-state index in [0.29, 0.717) is 48.7 Å². The number of urea groups is 1. The number of carboxylic acid groups (broad SMARTS) is 1. The lowest BCUT2D eigenvalue weighted by atomic mass is 9.97. The Hall–Kier alpha value is -2.28. The second-order valence-corrected chi connectivity index (χ2v) is 6.39. The third kappa shape index (κ3) is 3.17. The second-order valence-electron chi connectivity index (χ2n) is 5.98. The highest BCUT2D eigenvalue weighted by Gasteiger charge is 2.30. The molecule has 2 aliphatic rings. The van der Waals surface area contributed by atoms with Gasteiger partial charge in [0.15, 0.2) is 0 Å². The monoisotopic (exact) mass is 351 g/mol. The van der Waals surface area contributed by atoms with Gasteiger partial charge in [0.25, 0.3) is 5.91 Å². The molecule has 7 nitrogen and oxygen atoms in total. The van der Waals surface area contributed by atoms with Crippen LogP contribution in [0.2, 0.25) is 5.02 Å². The lowest BCUT2D eigenvalue weighted by molar-refractivity contribution is -0.143. The smallest absolute Gasteiger partial charge is 0.322 e. The van der Waals surface area contributed by atoms with Gasteiger partial charge in [0.1, 0.15) is 0 Å². The van der Waals surface area contributed by atoms with E-state index < -0.39 is 11.9 Å². The topological polar surface area (TPSA) is 89.9 Å². The fraction of sp³-hybridized carbons (Fsp3) is 0.438. The lowest BCUT2D eigenvalue weighted by Crippen LogP contribution is -2.42. The number of rotatable bonds is 3. The summed E-state index contributed by atoms with van der Waals surface area (Å²) in [4.78, 5) is 38.7. The molecule has 2 saturated heterocycles. The molecule has 2 N–H and O–H groups in total. The number of hydrogen-bond donors (Lipinski definition) is 2. The zero-order valence-corrected chi connectivity index (χ0v) is 13.8. The van der Waals surface area contributed by atoms with Gasteiger partial charge in [0.05, 0.1) is 16.6 Å². The molecule has 24 heavy (non-hydrogen) atoms. The number of carbonyl (C=O) groups excluding carboxylic acids is 2. The van der Waals surface area contributed by atoms with Crippen molar-refractivity contribution in [1.29, 1.82) is 0 Å². The zero-order valence-electron chi connectivity index (χ0n) is 13.0. The van der Waals surface area contributed by atoms with E-state index >= 15 is 0 Å². The van der Waals surface area contributed by atoms with E-state index in [-0.39, 0.29) is 18.5 Å². The molecule has 1 atom stereocenters. The van der Waals surface area contributed by atoms with Crippen LogP contribution in [-0.2, 0) is 4.79 Å². The maximum absolute atomic E-state index is 12.7. The van der Waals surface area contributed by atoms with Crippen LogP contribution in [0.1, 0.15) is 23.2 Å². The third-order valence-electron chi connectivity index (χ3n) is 4.40. The highest BCUT2D eigenvalue weighted by molar-refractivity contribution is 6.34. The van der Waals surface area contributed by atoms with Crippen molar-refractivity contribution in [3.05, 3.63) is 28.8 Å². The van der Waals surface area contributed by atoms with Crippen LogP contribution in [0.4, 0.5) is 10.5 Å². The first-order valence-corrected chi connectivity index (χ1v) is 8.22. The Morgan fingerprint density at radius 2 is 2.08 bits per heavy atom. The van der Waals surface area contributed by atoms with Gasteiger partial charge in [0.2, 0.25) is 0 Å². The average molecular weight is 352 g/mol. The van der Waals surface area contributed by atoms with E-state index in [9.17, 15) is 14.4 Å². The summed E-state index contributed by atoms with van der Waals surface area (Å²) < 4.78 is 0. The number of anilines is 1. The molecule has 0 spiro atoms. The van der Waals surface area contributed by atoms with Gasteiger partial charge in [0, 0.05) is 31.7 Å². The number of likely N-dealkylation sites (tertiary alicyclic amines) is 1. The van der Waals surface area contributed by atoms with Gasteiger partial charge in [-0.3, -0.25) is 14.5 Å². The number of carboxylic acids is 1. The molecule has 8 heteroatoms. The Morgan fingerprint density at radius 3 is 2.75 bits per heavy atom. The first kappa shape index (κ1) is 16.6. The van der Waals surface area contributed by atoms with Gasteiger partial charge in [-0.15, -0.1) is 0 Å². The summed E-state index contributed by atoms with van der Waals surface area (Å²) in [6, 6.07) is 4.55. The van der Waals surface area contributed by atoms with Crippen LogP contribution < -0.4 is 10.2 Å². The van der Waals surface area contributed by atoms with E-state index in [1.54, 1.807) is 23.1 Å². The molecule has 0 unspecified atom stereocenters. The van der Waals surface area contributed by atoms with Crippen molar-refractivity contribution in [3.63, 3.8) is 0 Å². The number of halogens is 1. The molecular formula is C16H18ClN3O4. The molecule has 1 aromatic rings. The van der Waals surface area contributed by atoms with Crippen molar-refractivity contribution >= 4 is 35.2 Å². The second kappa shape index (κ2) is 6.68. The molecule has 3 amide bonds. The van der Waals surface area contributed by atoms with Crippen LogP contribution in [0, 0.1) is 5.92 Å². The van der Waals surface area contributed by atoms with Crippen molar-refractivity contribution in [2.45, 2.75) is 12.8 Å². The van der Waals surface area contributed by atoms with Crippen molar-refractivity contribution < 1.29 is 19.5 Å². The van der Waals surface area contributed by atoms with E-state index in [2.05, 4.69) is 5.32 Å². The van der Waals surface area contributed by atoms with Gasteiger partial charge in [-0.1, -0.05) is 11.6 Å². The van der Waals surface area contributed by atoms with Crippen molar-refractivity contribution in [3.8, 4) is 0 Å².